The number of hydrogen-bond acceptors (Lipinski definition) is 5. The Morgan fingerprint density at radius 3 is 2.31 bits per heavy atom. The Balaban J connectivity index is 1.78. The minimum atomic E-state index is -0.857. The molecule has 0 radical (unpaired) electrons. The number of carbonyl (C=O) groups is 2. The van der Waals surface area contributed by atoms with Crippen molar-refractivity contribution >= 4 is 29.3 Å². The molecule has 0 aliphatic rings. The zero-order chi connectivity index (χ0) is 18.9. The van der Waals surface area contributed by atoms with E-state index >= 15 is 0 Å². The van der Waals surface area contributed by atoms with Crippen LogP contribution in [0.5, 0.6) is 5.75 Å². The molecule has 1 amide bonds. The molecule has 6 heteroatoms. The van der Waals surface area contributed by atoms with Gasteiger partial charge in [-0.2, -0.15) is 0 Å². The summed E-state index contributed by atoms with van der Waals surface area (Å²) in [6.45, 7) is 3.63. The van der Waals surface area contributed by atoms with Gasteiger partial charge in [-0.1, -0.05) is 19.1 Å². The molecule has 0 aliphatic carbocycles. The quantitative estimate of drug-likeness (QED) is 0.561. The number of carbonyl (C=O) groups excluding carboxylic acids is 2. The predicted molar refractivity (Wildman–Crippen MR) is 104 cm³/mol. The lowest BCUT2D eigenvalue weighted by atomic mass is 10.1. The molecule has 2 aromatic rings. The van der Waals surface area contributed by atoms with Crippen molar-refractivity contribution in [2.45, 2.75) is 31.3 Å². The number of thioether (sulfide) groups is 1. The number of nitrogens with one attached hydrogen (secondary N) is 1. The summed E-state index contributed by atoms with van der Waals surface area (Å²) in [7, 11) is 1.60. The van der Waals surface area contributed by atoms with Crippen LogP contribution in [-0.4, -0.2) is 30.8 Å². The van der Waals surface area contributed by atoms with Crippen molar-refractivity contribution in [3.8, 4) is 5.75 Å². The van der Waals surface area contributed by atoms with Crippen LogP contribution in [0.1, 0.15) is 19.4 Å². The second-order valence-electron chi connectivity index (χ2n) is 5.64. The lowest BCUT2D eigenvalue weighted by molar-refractivity contribution is -0.150. The van der Waals surface area contributed by atoms with E-state index in [1.54, 1.807) is 14.0 Å². The van der Waals surface area contributed by atoms with Crippen LogP contribution in [-0.2, 0) is 20.7 Å². The normalized spacial score (nSPS) is 11.5. The van der Waals surface area contributed by atoms with Crippen LogP contribution >= 0.6 is 11.8 Å². The second kappa shape index (κ2) is 9.87. The third kappa shape index (κ3) is 6.11. The van der Waals surface area contributed by atoms with E-state index < -0.39 is 12.1 Å². The van der Waals surface area contributed by atoms with Gasteiger partial charge >= 0.3 is 5.97 Å². The zero-order valence-corrected chi connectivity index (χ0v) is 16.0. The molecule has 0 spiro atoms. The van der Waals surface area contributed by atoms with Crippen LogP contribution in [0.2, 0.25) is 0 Å². The third-order valence-electron chi connectivity index (χ3n) is 3.72. The number of hydrogen-bond donors (Lipinski definition) is 1. The molecule has 138 valence electrons. The Morgan fingerprint density at radius 1 is 1.08 bits per heavy atom. The lowest BCUT2D eigenvalue weighted by Gasteiger charge is -2.13. The smallest absolute Gasteiger partial charge is 0.317 e. The first kappa shape index (κ1) is 19.8. The fourth-order valence-corrected chi connectivity index (χ4v) is 2.85. The minimum absolute atomic E-state index is 0.134. The van der Waals surface area contributed by atoms with Crippen molar-refractivity contribution in [2.24, 2.45) is 0 Å². The zero-order valence-electron chi connectivity index (χ0n) is 15.2. The van der Waals surface area contributed by atoms with Crippen molar-refractivity contribution in [2.75, 3.05) is 18.2 Å². The molecule has 0 saturated carbocycles. The summed E-state index contributed by atoms with van der Waals surface area (Å²) in [5.74, 6) is 0.107. The highest BCUT2D eigenvalue weighted by Gasteiger charge is 2.18. The predicted octanol–water partition coefficient (Wildman–Crippen LogP) is 3.92. The van der Waals surface area contributed by atoms with E-state index in [-0.39, 0.29) is 11.7 Å². The maximum absolute atomic E-state index is 12.1. The van der Waals surface area contributed by atoms with Crippen molar-refractivity contribution in [3.63, 3.8) is 0 Å². The number of anilines is 1. The van der Waals surface area contributed by atoms with Gasteiger partial charge in [0.1, 0.15) is 5.75 Å². The van der Waals surface area contributed by atoms with Gasteiger partial charge in [-0.15, -0.1) is 11.8 Å². The number of amides is 1. The van der Waals surface area contributed by atoms with E-state index in [1.807, 2.05) is 48.5 Å². The van der Waals surface area contributed by atoms with Gasteiger partial charge in [0.2, 0.25) is 0 Å². The molecule has 0 aromatic heterocycles. The Morgan fingerprint density at radius 2 is 1.73 bits per heavy atom. The van der Waals surface area contributed by atoms with Gasteiger partial charge in [-0.25, -0.2) is 0 Å². The molecule has 0 fully saturated rings. The number of methoxy groups -OCH3 is 1. The summed E-state index contributed by atoms with van der Waals surface area (Å²) >= 11 is 1.35. The third-order valence-corrected chi connectivity index (χ3v) is 4.71. The highest BCUT2D eigenvalue weighted by atomic mass is 32.2. The van der Waals surface area contributed by atoms with Crippen LogP contribution in [0, 0.1) is 0 Å². The molecule has 5 nitrogen and oxygen atoms in total. The van der Waals surface area contributed by atoms with Gasteiger partial charge in [0, 0.05) is 10.6 Å². The van der Waals surface area contributed by atoms with E-state index in [0.717, 1.165) is 17.1 Å². The first-order chi connectivity index (χ1) is 12.5. The molecule has 1 atom stereocenters. The molecule has 1 N–H and O–H groups in total. The maximum atomic E-state index is 12.1. The van der Waals surface area contributed by atoms with Crippen LogP contribution < -0.4 is 10.1 Å². The first-order valence-electron chi connectivity index (χ1n) is 8.38. The van der Waals surface area contributed by atoms with Gasteiger partial charge in [-0.3, -0.25) is 9.59 Å². The molecular formula is C20H23NO4S. The molecule has 0 aliphatic heterocycles. The van der Waals surface area contributed by atoms with Crippen LogP contribution in [0.15, 0.2) is 53.4 Å². The molecule has 0 unspecified atom stereocenters. The van der Waals surface area contributed by atoms with E-state index in [2.05, 4.69) is 12.2 Å². The molecule has 2 aromatic carbocycles. The van der Waals surface area contributed by atoms with Gasteiger partial charge in [0.15, 0.2) is 6.10 Å². The van der Waals surface area contributed by atoms with Crippen molar-refractivity contribution in [3.05, 3.63) is 54.1 Å². The minimum Gasteiger partial charge on any atom is -0.497 e. The average molecular weight is 373 g/mol. The van der Waals surface area contributed by atoms with Gasteiger partial charge in [0.25, 0.3) is 5.91 Å². The van der Waals surface area contributed by atoms with Crippen molar-refractivity contribution < 1.29 is 19.1 Å². The summed E-state index contributed by atoms with van der Waals surface area (Å²) in [5.41, 5.74) is 1.88. The number of aryl methyl sites for hydroxylation is 1. The average Bonchev–Trinajstić information content (AvgIpc) is 2.67. The van der Waals surface area contributed by atoms with Gasteiger partial charge in [0.05, 0.1) is 12.9 Å². The topological polar surface area (TPSA) is 64.6 Å². The number of benzene rings is 2. The molecular weight excluding hydrogens is 350 g/mol. The van der Waals surface area contributed by atoms with Gasteiger partial charge in [-0.05, 0) is 55.3 Å². The Kier molecular flexibility index (Phi) is 7.53. The monoisotopic (exact) mass is 373 g/mol. The van der Waals surface area contributed by atoms with Crippen LogP contribution in [0.25, 0.3) is 0 Å². The molecule has 26 heavy (non-hydrogen) atoms. The van der Waals surface area contributed by atoms with Crippen LogP contribution in [0.3, 0.4) is 0 Å². The second-order valence-corrected chi connectivity index (χ2v) is 6.68. The summed E-state index contributed by atoms with van der Waals surface area (Å²) in [4.78, 5) is 25.0. The molecule has 0 heterocycles. The van der Waals surface area contributed by atoms with Crippen LogP contribution in [0.4, 0.5) is 5.69 Å². The summed E-state index contributed by atoms with van der Waals surface area (Å²) in [6.07, 6.45) is 0.0819. The fourth-order valence-electron chi connectivity index (χ4n) is 2.17. The lowest BCUT2D eigenvalue weighted by Crippen LogP contribution is -2.30. The SMILES string of the molecule is CCc1ccc(NC(=O)[C@@H](C)OC(=O)CSc2ccc(OC)cc2)cc1. The van der Waals surface area contributed by atoms with E-state index in [1.165, 1.54) is 17.3 Å². The maximum Gasteiger partial charge on any atom is 0.317 e. The fraction of sp³-hybridized carbons (Fsp3) is 0.300. The van der Waals surface area contributed by atoms with Crippen molar-refractivity contribution in [1.29, 1.82) is 0 Å². The number of rotatable bonds is 8. The summed E-state index contributed by atoms with van der Waals surface area (Å²) < 4.78 is 10.3. The standard InChI is InChI=1S/C20H23NO4S/c1-4-15-5-7-16(8-6-15)21-20(23)14(2)25-19(22)13-26-18-11-9-17(24-3)10-12-18/h5-12,14H,4,13H2,1-3H3,(H,21,23)/t14-/m1/s1. The molecule has 0 bridgehead atoms. The number of esters is 1. The van der Waals surface area contributed by atoms with Crippen molar-refractivity contribution in [1.82, 2.24) is 0 Å². The Labute approximate surface area is 158 Å². The Bertz CT molecular complexity index is 728. The Hall–Kier alpha value is -2.47. The highest BCUT2D eigenvalue weighted by molar-refractivity contribution is 8.00. The highest BCUT2D eigenvalue weighted by Crippen LogP contribution is 2.21. The first-order valence-corrected chi connectivity index (χ1v) is 9.36. The number of ether oxygens (including phenoxy) is 2. The summed E-state index contributed by atoms with van der Waals surface area (Å²) in [5, 5.41) is 2.75. The largest absolute Gasteiger partial charge is 0.497 e. The summed E-state index contributed by atoms with van der Waals surface area (Å²) in [6, 6.07) is 15.0. The molecule has 0 saturated heterocycles. The van der Waals surface area contributed by atoms with E-state index in [0.29, 0.717) is 5.69 Å². The van der Waals surface area contributed by atoms with Gasteiger partial charge < -0.3 is 14.8 Å². The van der Waals surface area contributed by atoms with E-state index in [9.17, 15) is 9.59 Å². The molecule has 2 rings (SSSR count). The van der Waals surface area contributed by atoms with E-state index in [4.69, 9.17) is 9.47 Å².